The fourth-order valence-electron chi connectivity index (χ4n) is 2.85. The van der Waals surface area contributed by atoms with Crippen LogP contribution in [0.3, 0.4) is 0 Å². The quantitative estimate of drug-likeness (QED) is 0.605. The maximum atomic E-state index is 12.5. The van der Waals surface area contributed by atoms with Gasteiger partial charge in [0.1, 0.15) is 10.7 Å². The number of carbonyl (C=O) groups excluding carboxylic acids is 2. The second kappa shape index (κ2) is 7.47. The average molecular weight is 361 g/mol. The zero-order valence-electron chi connectivity index (χ0n) is 14.8. The maximum absolute atomic E-state index is 12.5. The first-order valence-electron chi connectivity index (χ1n) is 8.72. The van der Waals surface area contributed by atoms with Gasteiger partial charge < -0.3 is 10.1 Å². The Morgan fingerprint density at radius 2 is 2.04 bits per heavy atom. The molecule has 0 saturated heterocycles. The third-order valence-corrected chi connectivity index (χ3v) is 5.47. The zero-order valence-corrected chi connectivity index (χ0v) is 15.7. The fraction of sp³-hybridized carbons (Fsp3) is 0.556. The first-order chi connectivity index (χ1) is 12.0. The minimum atomic E-state index is -0.228. The SMILES string of the molecule is CCOC(=O)CCCNC(=O)c1sc2nc(C3CC3)nc(C)c2c1C. The van der Waals surface area contributed by atoms with Gasteiger partial charge in [0.25, 0.3) is 5.91 Å². The second-order valence-electron chi connectivity index (χ2n) is 6.34. The van der Waals surface area contributed by atoms with Crippen molar-refractivity contribution in [1.82, 2.24) is 15.3 Å². The smallest absolute Gasteiger partial charge is 0.305 e. The molecule has 7 heteroatoms. The number of aromatic nitrogens is 2. The van der Waals surface area contributed by atoms with Crippen molar-refractivity contribution in [2.75, 3.05) is 13.2 Å². The zero-order chi connectivity index (χ0) is 18.0. The summed E-state index contributed by atoms with van der Waals surface area (Å²) in [5.41, 5.74) is 1.88. The number of amides is 1. The van der Waals surface area contributed by atoms with Crippen molar-refractivity contribution >= 4 is 33.4 Å². The summed E-state index contributed by atoms with van der Waals surface area (Å²) in [5.74, 6) is 1.06. The highest BCUT2D eigenvalue weighted by atomic mass is 32.1. The highest BCUT2D eigenvalue weighted by molar-refractivity contribution is 7.20. The molecule has 0 aliphatic heterocycles. The standard InChI is InChI=1S/C18H23N3O3S/c1-4-24-13(22)6-5-9-19-17(23)15-10(2)14-11(3)20-16(12-7-8-12)21-18(14)25-15/h12H,4-9H2,1-3H3,(H,19,23). The number of fused-ring (bicyclic) bond motifs is 1. The van der Waals surface area contributed by atoms with Crippen LogP contribution in [0.25, 0.3) is 10.2 Å². The first kappa shape index (κ1) is 17.8. The van der Waals surface area contributed by atoms with Gasteiger partial charge in [-0.2, -0.15) is 0 Å². The van der Waals surface area contributed by atoms with E-state index in [1.165, 1.54) is 11.3 Å². The summed E-state index contributed by atoms with van der Waals surface area (Å²) < 4.78 is 4.88. The van der Waals surface area contributed by atoms with Crippen molar-refractivity contribution < 1.29 is 14.3 Å². The van der Waals surface area contributed by atoms with Crippen LogP contribution in [-0.4, -0.2) is 35.0 Å². The molecule has 0 unspecified atom stereocenters. The Kier molecular flexibility index (Phi) is 5.32. The Morgan fingerprint density at radius 1 is 1.28 bits per heavy atom. The first-order valence-corrected chi connectivity index (χ1v) is 9.54. The lowest BCUT2D eigenvalue weighted by molar-refractivity contribution is -0.143. The Bertz CT molecular complexity index is 811. The van der Waals surface area contributed by atoms with E-state index in [9.17, 15) is 9.59 Å². The van der Waals surface area contributed by atoms with Gasteiger partial charge in [0.05, 0.1) is 17.2 Å². The van der Waals surface area contributed by atoms with Gasteiger partial charge in [0.2, 0.25) is 0 Å². The van der Waals surface area contributed by atoms with Gasteiger partial charge in [-0.05, 0) is 45.6 Å². The maximum Gasteiger partial charge on any atom is 0.305 e. The molecule has 0 aromatic carbocycles. The van der Waals surface area contributed by atoms with Crippen LogP contribution < -0.4 is 5.32 Å². The predicted octanol–water partition coefficient (Wildman–Crippen LogP) is 3.26. The van der Waals surface area contributed by atoms with E-state index in [1.807, 2.05) is 13.8 Å². The van der Waals surface area contributed by atoms with E-state index >= 15 is 0 Å². The summed E-state index contributed by atoms with van der Waals surface area (Å²) in [5, 5.41) is 3.87. The van der Waals surface area contributed by atoms with Gasteiger partial charge in [0, 0.05) is 24.3 Å². The molecule has 2 aromatic heterocycles. The minimum Gasteiger partial charge on any atom is -0.466 e. The summed E-state index contributed by atoms with van der Waals surface area (Å²) >= 11 is 1.42. The van der Waals surface area contributed by atoms with Crippen LogP contribution in [0.5, 0.6) is 0 Å². The molecule has 1 aliphatic rings. The Morgan fingerprint density at radius 3 is 2.72 bits per heavy atom. The molecule has 2 heterocycles. The van der Waals surface area contributed by atoms with Crippen molar-refractivity contribution in [3.05, 3.63) is 22.0 Å². The monoisotopic (exact) mass is 361 g/mol. The van der Waals surface area contributed by atoms with Crippen molar-refractivity contribution in [1.29, 1.82) is 0 Å². The summed E-state index contributed by atoms with van der Waals surface area (Å²) in [6.07, 6.45) is 3.19. The lowest BCUT2D eigenvalue weighted by Gasteiger charge is -2.05. The van der Waals surface area contributed by atoms with Crippen LogP contribution in [0.15, 0.2) is 0 Å². The van der Waals surface area contributed by atoms with Crippen molar-refractivity contribution in [3.8, 4) is 0 Å². The van der Waals surface area contributed by atoms with Crippen LogP contribution in [0.1, 0.15) is 65.3 Å². The number of aryl methyl sites for hydroxylation is 2. The molecule has 1 fully saturated rings. The van der Waals surface area contributed by atoms with Gasteiger partial charge in [-0.3, -0.25) is 9.59 Å². The average Bonchev–Trinajstić information content (AvgIpc) is 3.36. The Hall–Kier alpha value is -2.02. The van der Waals surface area contributed by atoms with E-state index in [-0.39, 0.29) is 11.9 Å². The molecule has 25 heavy (non-hydrogen) atoms. The second-order valence-corrected chi connectivity index (χ2v) is 7.34. The molecule has 2 aromatic rings. The largest absolute Gasteiger partial charge is 0.466 e. The van der Waals surface area contributed by atoms with Gasteiger partial charge in [-0.25, -0.2) is 9.97 Å². The molecule has 134 valence electrons. The van der Waals surface area contributed by atoms with Gasteiger partial charge in [-0.15, -0.1) is 11.3 Å². The molecule has 0 atom stereocenters. The van der Waals surface area contributed by atoms with Crippen molar-refractivity contribution in [2.24, 2.45) is 0 Å². The highest BCUT2D eigenvalue weighted by Gasteiger charge is 2.28. The third-order valence-electron chi connectivity index (χ3n) is 4.29. The summed E-state index contributed by atoms with van der Waals surface area (Å²) in [7, 11) is 0. The molecular formula is C18H23N3O3S. The van der Waals surface area contributed by atoms with E-state index in [0.717, 1.165) is 40.1 Å². The number of nitrogens with one attached hydrogen (secondary N) is 1. The third kappa shape index (κ3) is 3.98. The molecule has 1 amide bonds. The van der Waals surface area contributed by atoms with Crippen molar-refractivity contribution in [3.63, 3.8) is 0 Å². The minimum absolute atomic E-state index is 0.114. The molecule has 0 radical (unpaired) electrons. The number of ether oxygens (including phenoxy) is 1. The van der Waals surface area contributed by atoms with E-state index in [2.05, 4.69) is 15.3 Å². The van der Waals surface area contributed by atoms with Crippen LogP contribution in [0.4, 0.5) is 0 Å². The normalized spacial score (nSPS) is 13.9. The lowest BCUT2D eigenvalue weighted by Crippen LogP contribution is -2.24. The molecule has 6 nitrogen and oxygen atoms in total. The summed E-state index contributed by atoms with van der Waals surface area (Å²) in [6, 6.07) is 0. The van der Waals surface area contributed by atoms with Gasteiger partial charge >= 0.3 is 5.97 Å². The van der Waals surface area contributed by atoms with Crippen LogP contribution >= 0.6 is 11.3 Å². The Balaban J connectivity index is 1.68. The number of carbonyl (C=O) groups is 2. The number of thiophene rings is 1. The molecule has 0 bridgehead atoms. The lowest BCUT2D eigenvalue weighted by atomic mass is 10.1. The molecule has 3 rings (SSSR count). The van der Waals surface area contributed by atoms with E-state index < -0.39 is 0 Å². The van der Waals surface area contributed by atoms with Crippen molar-refractivity contribution in [2.45, 2.75) is 52.4 Å². The molecular weight excluding hydrogens is 338 g/mol. The topological polar surface area (TPSA) is 81.2 Å². The molecule has 0 spiro atoms. The van der Waals surface area contributed by atoms with Crippen LogP contribution in [0.2, 0.25) is 0 Å². The van der Waals surface area contributed by atoms with Crippen LogP contribution in [-0.2, 0) is 9.53 Å². The van der Waals surface area contributed by atoms with Crippen LogP contribution in [0, 0.1) is 13.8 Å². The molecule has 1 N–H and O–H groups in total. The van der Waals surface area contributed by atoms with E-state index in [1.54, 1.807) is 6.92 Å². The number of hydrogen-bond acceptors (Lipinski definition) is 6. The van der Waals surface area contributed by atoms with E-state index in [4.69, 9.17) is 4.74 Å². The highest BCUT2D eigenvalue weighted by Crippen LogP contribution is 2.40. The number of esters is 1. The number of rotatable bonds is 7. The molecule has 1 saturated carbocycles. The summed E-state index contributed by atoms with van der Waals surface area (Å²) in [6.45, 7) is 6.54. The molecule has 1 aliphatic carbocycles. The fourth-order valence-corrected chi connectivity index (χ4v) is 4.00. The predicted molar refractivity (Wildman–Crippen MR) is 97.1 cm³/mol. The van der Waals surface area contributed by atoms with Gasteiger partial charge in [-0.1, -0.05) is 0 Å². The number of hydrogen-bond donors (Lipinski definition) is 1. The van der Waals surface area contributed by atoms with E-state index in [0.29, 0.717) is 36.8 Å². The summed E-state index contributed by atoms with van der Waals surface area (Å²) in [4.78, 5) is 34.7. The number of nitrogens with zero attached hydrogens (tertiary/aromatic N) is 2. The van der Waals surface area contributed by atoms with Gasteiger partial charge in [0.15, 0.2) is 0 Å². The Labute approximate surface area is 151 Å².